The molecule has 0 radical (unpaired) electrons. The number of fused-ring (bicyclic) bond motifs is 2. The first-order chi connectivity index (χ1) is 25.8. The van der Waals surface area contributed by atoms with Gasteiger partial charge in [-0.25, -0.2) is 0 Å². The van der Waals surface area contributed by atoms with Crippen LogP contribution in [0.15, 0.2) is 91.8 Å². The molecule has 0 aliphatic carbocycles. The van der Waals surface area contributed by atoms with Crippen LogP contribution in [0.3, 0.4) is 0 Å². The summed E-state index contributed by atoms with van der Waals surface area (Å²) in [6.45, 7) is 11.9. The molecule has 2 aliphatic heterocycles. The Balaban J connectivity index is 0.000000179. The Labute approximate surface area is 308 Å². The minimum Gasteiger partial charge on any atom is -0.461 e. The highest BCUT2D eigenvalue weighted by atomic mass is 16.5. The van der Waals surface area contributed by atoms with Gasteiger partial charge in [-0.05, 0) is 113 Å². The molecule has 6 aromatic heterocycles. The highest BCUT2D eigenvalue weighted by Crippen LogP contribution is 2.21. The van der Waals surface area contributed by atoms with Crippen LogP contribution in [0.25, 0.3) is 33.6 Å². The van der Waals surface area contributed by atoms with Gasteiger partial charge in [-0.3, -0.25) is 19.6 Å². The molecular formula is C40H49N9O4. The fourth-order valence-corrected chi connectivity index (χ4v) is 7.20. The van der Waals surface area contributed by atoms with Gasteiger partial charge in [0, 0.05) is 75.4 Å². The molecule has 2 aliphatic rings. The number of nitrogens with zero attached hydrogens (tertiary/aromatic N) is 7. The van der Waals surface area contributed by atoms with Crippen LogP contribution in [0.2, 0.25) is 0 Å². The van der Waals surface area contributed by atoms with E-state index in [9.17, 15) is 9.59 Å². The van der Waals surface area contributed by atoms with Gasteiger partial charge in [0.25, 0.3) is 11.1 Å². The lowest BCUT2D eigenvalue weighted by molar-refractivity contribution is 0.191. The zero-order valence-corrected chi connectivity index (χ0v) is 30.6. The van der Waals surface area contributed by atoms with E-state index in [1.54, 1.807) is 30.5 Å². The maximum absolute atomic E-state index is 12.5. The Bertz CT molecular complexity index is 2230. The molecule has 0 bridgehead atoms. The normalized spacial score (nSPS) is 16.3. The zero-order valence-electron chi connectivity index (χ0n) is 30.6. The van der Waals surface area contributed by atoms with E-state index >= 15 is 0 Å². The molecule has 8 rings (SSSR count). The molecule has 278 valence electrons. The van der Waals surface area contributed by atoms with Gasteiger partial charge in [0.05, 0.1) is 34.0 Å². The van der Waals surface area contributed by atoms with E-state index in [-0.39, 0.29) is 11.1 Å². The molecule has 0 amide bonds. The number of aromatic nitrogens is 5. The highest BCUT2D eigenvalue weighted by Gasteiger charge is 2.20. The molecule has 0 saturated carbocycles. The topological polar surface area (TPSA) is 153 Å². The first kappa shape index (κ1) is 36.4. The van der Waals surface area contributed by atoms with Gasteiger partial charge in [-0.1, -0.05) is 5.16 Å². The van der Waals surface area contributed by atoms with Crippen molar-refractivity contribution in [3.05, 3.63) is 111 Å². The number of pyridine rings is 4. The second-order valence-corrected chi connectivity index (χ2v) is 14.3. The van der Waals surface area contributed by atoms with Crippen LogP contribution in [0.1, 0.15) is 42.5 Å². The summed E-state index contributed by atoms with van der Waals surface area (Å²) in [6.07, 6.45) is 9.52. The number of hydrogen-bond acceptors (Lipinski definition) is 11. The van der Waals surface area contributed by atoms with Crippen molar-refractivity contribution in [2.24, 2.45) is 5.73 Å². The molecule has 13 nitrogen and oxygen atoms in total. The second-order valence-electron chi connectivity index (χ2n) is 14.3. The summed E-state index contributed by atoms with van der Waals surface area (Å²) in [4.78, 5) is 38.3. The zero-order chi connectivity index (χ0) is 36.7. The summed E-state index contributed by atoms with van der Waals surface area (Å²) in [5, 5.41) is 7.72. The molecule has 0 aromatic carbocycles. The van der Waals surface area contributed by atoms with Crippen molar-refractivity contribution in [3.63, 3.8) is 0 Å². The summed E-state index contributed by atoms with van der Waals surface area (Å²) in [5.41, 5.74) is 12.6. The quantitative estimate of drug-likeness (QED) is 0.208. The molecule has 53 heavy (non-hydrogen) atoms. The maximum atomic E-state index is 12.5. The Hall–Kier alpha value is -4.95. The number of furan rings is 1. The van der Waals surface area contributed by atoms with Crippen molar-refractivity contribution in [1.82, 2.24) is 39.4 Å². The molecular weight excluding hydrogens is 670 g/mol. The van der Waals surface area contributed by atoms with Crippen molar-refractivity contribution >= 4 is 22.1 Å². The number of hydrogen-bond donors (Lipinski definition) is 2. The molecule has 0 atom stereocenters. The fourth-order valence-electron chi connectivity index (χ4n) is 7.20. The Kier molecular flexibility index (Phi) is 11.5. The van der Waals surface area contributed by atoms with E-state index in [1.165, 1.54) is 0 Å². The Morgan fingerprint density at radius 1 is 0.736 bits per heavy atom. The third-order valence-corrected chi connectivity index (χ3v) is 10.3. The van der Waals surface area contributed by atoms with Gasteiger partial charge in [-0.15, -0.1) is 0 Å². The first-order valence-corrected chi connectivity index (χ1v) is 18.6. The average Bonchev–Trinajstić information content (AvgIpc) is 3.88. The van der Waals surface area contributed by atoms with E-state index in [1.807, 2.05) is 65.7 Å². The first-order valence-electron chi connectivity index (χ1n) is 18.6. The number of nitrogens with two attached hydrogens (primary N) is 1. The molecule has 0 spiro atoms. The van der Waals surface area contributed by atoms with E-state index in [4.69, 9.17) is 14.7 Å². The van der Waals surface area contributed by atoms with Crippen molar-refractivity contribution in [2.75, 3.05) is 39.3 Å². The second kappa shape index (κ2) is 16.8. The summed E-state index contributed by atoms with van der Waals surface area (Å²) in [7, 11) is 0. The smallest absolute Gasteiger partial charge is 0.251 e. The SMILES string of the molecule is Cc1cnc2ccc(=O)n(CCN3CCC(N)CC3)c2c1.Cc1cnc2ccc(=O)n(CCN3CCC(NCc4cc(-c5ccco5)on4)CC3)c2c1. The molecule has 2 saturated heterocycles. The Morgan fingerprint density at radius 3 is 1.85 bits per heavy atom. The molecule has 0 unspecified atom stereocenters. The van der Waals surface area contributed by atoms with Gasteiger partial charge in [0.2, 0.25) is 5.76 Å². The monoisotopic (exact) mass is 719 g/mol. The van der Waals surface area contributed by atoms with Gasteiger partial charge >= 0.3 is 0 Å². The molecule has 3 N–H and O–H groups in total. The van der Waals surface area contributed by atoms with Crippen LogP contribution in [0.4, 0.5) is 0 Å². The number of rotatable bonds is 10. The lowest BCUT2D eigenvalue weighted by atomic mass is 10.0. The van der Waals surface area contributed by atoms with Gasteiger partial charge < -0.3 is 38.9 Å². The van der Waals surface area contributed by atoms with Crippen molar-refractivity contribution in [1.29, 1.82) is 0 Å². The number of piperidine rings is 2. The van der Waals surface area contributed by atoms with Crippen LogP contribution in [0.5, 0.6) is 0 Å². The number of aryl methyl sites for hydroxylation is 2. The van der Waals surface area contributed by atoms with Crippen molar-refractivity contribution in [3.8, 4) is 11.5 Å². The van der Waals surface area contributed by atoms with Crippen LogP contribution in [0, 0.1) is 13.8 Å². The largest absolute Gasteiger partial charge is 0.461 e. The predicted molar refractivity (Wildman–Crippen MR) is 206 cm³/mol. The predicted octanol–water partition coefficient (Wildman–Crippen LogP) is 4.34. The van der Waals surface area contributed by atoms with E-state index in [0.717, 1.165) is 104 Å². The van der Waals surface area contributed by atoms with Crippen molar-refractivity contribution in [2.45, 2.75) is 71.2 Å². The molecule has 6 aromatic rings. The van der Waals surface area contributed by atoms with E-state index < -0.39 is 0 Å². The number of likely N-dealkylation sites (tertiary alicyclic amines) is 2. The minimum absolute atomic E-state index is 0.0305. The van der Waals surface area contributed by atoms with Gasteiger partial charge in [0.1, 0.15) is 0 Å². The summed E-state index contributed by atoms with van der Waals surface area (Å²) < 4.78 is 14.4. The van der Waals surface area contributed by atoms with E-state index in [0.29, 0.717) is 43.2 Å². The molecule has 8 heterocycles. The summed E-state index contributed by atoms with van der Waals surface area (Å²) in [6, 6.07) is 17.3. The Morgan fingerprint density at radius 2 is 1.30 bits per heavy atom. The minimum atomic E-state index is 0.0305. The van der Waals surface area contributed by atoms with Crippen molar-refractivity contribution < 1.29 is 8.94 Å². The number of nitrogens with one attached hydrogen (secondary N) is 1. The third-order valence-electron chi connectivity index (χ3n) is 10.3. The lowest BCUT2D eigenvalue weighted by Gasteiger charge is -2.32. The fraction of sp³-hybridized carbons (Fsp3) is 0.425. The molecule has 13 heteroatoms. The van der Waals surface area contributed by atoms with E-state index in [2.05, 4.69) is 30.2 Å². The maximum Gasteiger partial charge on any atom is 0.251 e. The van der Waals surface area contributed by atoms with Crippen LogP contribution in [-0.2, 0) is 19.6 Å². The van der Waals surface area contributed by atoms with Gasteiger partial charge in [0.15, 0.2) is 5.76 Å². The van der Waals surface area contributed by atoms with Crippen LogP contribution in [-0.4, -0.2) is 85.4 Å². The average molecular weight is 720 g/mol. The molecule has 2 fully saturated rings. The standard InChI is InChI=1S/C24H27N5O3.C16H22N4O/c1-17-13-21-20(26-15-17)4-5-24(30)29(21)11-10-28-8-6-18(7-9-28)25-16-19-14-23(32-27-19)22-3-2-12-31-22;1-12-10-15-14(18-11-12)2-3-16(21)20(15)9-8-19-6-4-13(17)5-7-19/h2-5,12-15,18,25H,6-11,16H2,1H3;2-3,10-11,13H,4-9,17H2,1H3. The third kappa shape index (κ3) is 9.17. The van der Waals surface area contributed by atoms with Crippen LogP contribution >= 0.6 is 0 Å². The van der Waals surface area contributed by atoms with Crippen LogP contribution < -0.4 is 22.2 Å². The summed E-state index contributed by atoms with van der Waals surface area (Å²) >= 11 is 0. The highest BCUT2D eigenvalue weighted by molar-refractivity contribution is 5.75. The lowest BCUT2D eigenvalue weighted by Crippen LogP contribution is -2.43. The van der Waals surface area contributed by atoms with Gasteiger partial charge in [-0.2, -0.15) is 0 Å². The summed E-state index contributed by atoms with van der Waals surface area (Å²) in [5.74, 6) is 1.34.